The van der Waals surface area contributed by atoms with Crippen molar-refractivity contribution in [1.29, 1.82) is 0 Å². The molecule has 134 valence electrons. The van der Waals surface area contributed by atoms with Crippen LogP contribution in [0.4, 0.5) is 0 Å². The molecule has 1 fully saturated rings. The number of benzene rings is 1. The van der Waals surface area contributed by atoms with Crippen molar-refractivity contribution in [3.05, 3.63) is 28.7 Å². The van der Waals surface area contributed by atoms with Crippen LogP contribution in [0.25, 0.3) is 6.08 Å². The molecule has 1 N–H and O–H groups in total. The number of amides is 1. The van der Waals surface area contributed by atoms with E-state index in [2.05, 4.69) is 0 Å². The van der Waals surface area contributed by atoms with E-state index in [1.165, 1.54) is 19.1 Å². The summed E-state index contributed by atoms with van der Waals surface area (Å²) < 4.78 is 10.9. The molecule has 1 amide bonds. The van der Waals surface area contributed by atoms with Gasteiger partial charge in [-0.3, -0.25) is 9.69 Å². The van der Waals surface area contributed by atoms with Crippen LogP contribution in [-0.2, 0) is 9.59 Å². The smallest absolute Gasteiger partial charge is 0.326 e. The highest BCUT2D eigenvalue weighted by atomic mass is 32.2. The minimum absolute atomic E-state index is 0.249. The van der Waals surface area contributed by atoms with E-state index >= 15 is 0 Å². The highest BCUT2D eigenvalue weighted by Crippen LogP contribution is 2.38. The maximum Gasteiger partial charge on any atom is 0.326 e. The third kappa shape index (κ3) is 3.96. The largest absolute Gasteiger partial charge is 0.493 e. The molecule has 1 atom stereocenters. The van der Waals surface area contributed by atoms with Crippen LogP contribution in [0, 0.1) is 0 Å². The Morgan fingerprint density at radius 1 is 1.40 bits per heavy atom. The molecule has 8 heteroatoms. The van der Waals surface area contributed by atoms with Gasteiger partial charge in [-0.1, -0.05) is 49.5 Å². The quantitative estimate of drug-likeness (QED) is 0.574. The zero-order valence-corrected chi connectivity index (χ0v) is 15.8. The molecule has 1 aromatic rings. The monoisotopic (exact) mass is 381 g/mol. The Kier molecular flexibility index (Phi) is 6.44. The van der Waals surface area contributed by atoms with Gasteiger partial charge in [0.2, 0.25) is 0 Å². The molecule has 0 aliphatic carbocycles. The molecule has 1 saturated heterocycles. The number of para-hydroxylation sites is 1. The molecule has 0 spiro atoms. The van der Waals surface area contributed by atoms with Crippen molar-refractivity contribution < 1.29 is 24.2 Å². The van der Waals surface area contributed by atoms with Gasteiger partial charge in [0.25, 0.3) is 5.91 Å². The summed E-state index contributed by atoms with van der Waals surface area (Å²) in [5.74, 6) is -0.418. The molecule has 1 aliphatic heterocycles. The Labute approximate surface area is 155 Å². The van der Waals surface area contributed by atoms with Crippen LogP contribution in [-0.4, -0.2) is 46.5 Å². The van der Waals surface area contributed by atoms with Gasteiger partial charge in [0.05, 0.1) is 19.1 Å². The number of carbonyl (C=O) groups excluding carboxylic acids is 1. The fourth-order valence-corrected chi connectivity index (χ4v) is 3.90. The number of hydrogen-bond acceptors (Lipinski definition) is 6. The van der Waals surface area contributed by atoms with Gasteiger partial charge in [0, 0.05) is 5.56 Å². The molecule has 0 bridgehead atoms. The van der Waals surface area contributed by atoms with Crippen LogP contribution < -0.4 is 9.47 Å². The number of aliphatic carboxylic acids is 1. The molecule has 1 unspecified atom stereocenters. The van der Waals surface area contributed by atoms with Gasteiger partial charge in [0.15, 0.2) is 11.5 Å². The molecule has 2 rings (SSSR count). The van der Waals surface area contributed by atoms with E-state index in [1.807, 2.05) is 6.92 Å². The van der Waals surface area contributed by atoms with Gasteiger partial charge < -0.3 is 14.6 Å². The van der Waals surface area contributed by atoms with Gasteiger partial charge in [-0.15, -0.1) is 0 Å². The average molecular weight is 381 g/mol. The Morgan fingerprint density at radius 3 is 2.68 bits per heavy atom. The topological polar surface area (TPSA) is 76.1 Å². The predicted octanol–water partition coefficient (Wildman–Crippen LogP) is 3.16. The van der Waals surface area contributed by atoms with Crippen LogP contribution in [0.5, 0.6) is 11.5 Å². The van der Waals surface area contributed by atoms with Gasteiger partial charge in [-0.05, 0) is 18.6 Å². The first-order valence-corrected chi connectivity index (χ1v) is 8.87. The lowest BCUT2D eigenvalue weighted by atomic mass is 10.1. The van der Waals surface area contributed by atoms with Crippen LogP contribution >= 0.6 is 24.0 Å². The minimum atomic E-state index is -1.06. The molecular formula is C17H19NO5S2. The molecular weight excluding hydrogens is 362 g/mol. The number of rotatable bonds is 7. The van der Waals surface area contributed by atoms with Crippen LogP contribution in [0.3, 0.4) is 0 Å². The number of carboxylic acids is 1. The number of thiocarbonyl (C=S) groups is 1. The summed E-state index contributed by atoms with van der Waals surface area (Å²) in [4.78, 5) is 25.8. The van der Waals surface area contributed by atoms with Crippen molar-refractivity contribution >= 4 is 46.3 Å². The fraction of sp³-hybridized carbons (Fsp3) is 0.353. The molecule has 1 aromatic carbocycles. The lowest BCUT2D eigenvalue weighted by molar-refractivity contribution is -0.145. The third-order valence-corrected chi connectivity index (χ3v) is 5.03. The standard InChI is InChI=1S/C17H19NO5S2/c1-4-6-11(16(20)21)18-15(19)13(25-17(18)24)9-10-7-5-8-12(22-2)14(10)23-3/h5,7-9,11H,4,6H2,1-3H3,(H,20,21)/b13-9-. The van der Waals surface area contributed by atoms with E-state index in [9.17, 15) is 14.7 Å². The number of hydrogen-bond donors (Lipinski definition) is 1. The number of methoxy groups -OCH3 is 2. The first-order chi connectivity index (χ1) is 11.9. The van der Waals surface area contributed by atoms with E-state index in [0.717, 1.165) is 11.8 Å². The Bertz CT molecular complexity index is 732. The number of carboxylic acid groups (broad SMARTS) is 1. The van der Waals surface area contributed by atoms with E-state index in [4.69, 9.17) is 21.7 Å². The van der Waals surface area contributed by atoms with Gasteiger partial charge >= 0.3 is 5.97 Å². The molecule has 6 nitrogen and oxygen atoms in total. The number of carbonyl (C=O) groups is 2. The summed E-state index contributed by atoms with van der Waals surface area (Å²) in [6, 6.07) is 4.37. The normalized spacial score (nSPS) is 17.1. The maximum absolute atomic E-state index is 12.7. The number of ether oxygens (including phenoxy) is 2. The minimum Gasteiger partial charge on any atom is -0.493 e. The van der Waals surface area contributed by atoms with Crippen LogP contribution in [0.1, 0.15) is 25.3 Å². The highest BCUT2D eigenvalue weighted by molar-refractivity contribution is 8.26. The second-order valence-corrected chi connectivity index (χ2v) is 6.95. The Hall–Kier alpha value is -2.06. The molecule has 0 aromatic heterocycles. The number of nitrogens with zero attached hydrogens (tertiary/aromatic N) is 1. The van der Waals surface area contributed by atoms with Crippen LogP contribution in [0.2, 0.25) is 0 Å². The first kappa shape index (κ1) is 19.3. The molecule has 1 aliphatic rings. The lowest BCUT2D eigenvalue weighted by Crippen LogP contribution is -2.43. The second kappa shape index (κ2) is 8.35. The molecule has 0 radical (unpaired) electrons. The zero-order chi connectivity index (χ0) is 18.6. The Balaban J connectivity index is 2.39. The van der Waals surface area contributed by atoms with Crippen molar-refractivity contribution in [3.8, 4) is 11.5 Å². The lowest BCUT2D eigenvalue weighted by Gasteiger charge is -2.22. The van der Waals surface area contributed by atoms with Gasteiger partial charge in [-0.25, -0.2) is 4.79 Å². The first-order valence-electron chi connectivity index (χ1n) is 7.65. The van der Waals surface area contributed by atoms with Gasteiger partial charge in [0.1, 0.15) is 10.4 Å². The summed E-state index contributed by atoms with van der Waals surface area (Å²) in [6.45, 7) is 1.87. The SMILES string of the molecule is CCCC(C(=O)O)N1C(=O)/C(=C/c2cccc(OC)c2OC)SC1=S. The third-order valence-electron chi connectivity index (χ3n) is 3.70. The van der Waals surface area contributed by atoms with E-state index in [-0.39, 0.29) is 4.32 Å². The zero-order valence-electron chi connectivity index (χ0n) is 14.1. The number of thioether (sulfide) groups is 1. The summed E-state index contributed by atoms with van der Waals surface area (Å²) in [5, 5.41) is 9.41. The fourth-order valence-electron chi connectivity index (χ4n) is 2.55. The van der Waals surface area contributed by atoms with Crippen molar-refractivity contribution in [3.63, 3.8) is 0 Å². The highest BCUT2D eigenvalue weighted by Gasteiger charge is 2.40. The molecule has 25 heavy (non-hydrogen) atoms. The van der Waals surface area contributed by atoms with E-state index < -0.39 is 17.9 Å². The Morgan fingerprint density at radius 2 is 2.12 bits per heavy atom. The van der Waals surface area contributed by atoms with E-state index in [1.54, 1.807) is 24.3 Å². The molecule has 1 heterocycles. The van der Waals surface area contributed by atoms with Crippen molar-refractivity contribution in [2.24, 2.45) is 0 Å². The summed E-state index contributed by atoms with van der Waals surface area (Å²) in [6.07, 6.45) is 2.62. The van der Waals surface area contributed by atoms with Crippen LogP contribution in [0.15, 0.2) is 23.1 Å². The average Bonchev–Trinajstić information content (AvgIpc) is 2.86. The van der Waals surface area contributed by atoms with E-state index in [0.29, 0.717) is 34.8 Å². The summed E-state index contributed by atoms with van der Waals surface area (Å²) >= 11 is 6.33. The maximum atomic E-state index is 12.7. The van der Waals surface area contributed by atoms with Crippen molar-refractivity contribution in [1.82, 2.24) is 4.90 Å². The summed E-state index contributed by atoms with van der Waals surface area (Å²) in [5.41, 5.74) is 0.657. The van der Waals surface area contributed by atoms with Gasteiger partial charge in [-0.2, -0.15) is 0 Å². The van der Waals surface area contributed by atoms with Crippen molar-refractivity contribution in [2.75, 3.05) is 14.2 Å². The second-order valence-electron chi connectivity index (χ2n) is 5.28. The predicted molar refractivity (Wildman–Crippen MR) is 101 cm³/mol. The van der Waals surface area contributed by atoms with Crippen molar-refractivity contribution in [2.45, 2.75) is 25.8 Å². The molecule has 0 saturated carbocycles. The summed E-state index contributed by atoms with van der Waals surface area (Å²) in [7, 11) is 3.05.